The molecule has 0 radical (unpaired) electrons. The lowest BCUT2D eigenvalue weighted by atomic mass is 10.0. The lowest BCUT2D eigenvalue weighted by molar-refractivity contribution is -0.114. The Morgan fingerprint density at radius 1 is 0.403 bits per heavy atom. The maximum Gasteiger partial charge on any atom is 0.270 e. The van der Waals surface area contributed by atoms with Gasteiger partial charge in [-0.05, 0) is 213 Å². The van der Waals surface area contributed by atoms with Gasteiger partial charge in [-0.25, -0.2) is 34.7 Å². The molecule has 0 aliphatic carbocycles. The fraction of sp³-hybridized carbons (Fsp3) is 0.0729. The van der Waals surface area contributed by atoms with E-state index in [1.807, 2.05) is 134 Å². The first-order chi connectivity index (χ1) is 62.7. The summed E-state index contributed by atoms with van der Waals surface area (Å²) in [6.45, 7) is 18.3. The van der Waals surface area contributed by atoms with Gasteiger partial charge in [0.05, 0.1) is 38.5 Å². The largest absolute Gasteiger partial charge is 0.384 e. The average molecular weight is 1890 g/mol. The third-order valence-electron chi connectivity index (χ3n) is 19.8. The number of thiophene rings is 5. The number of anilines is 2. The summed E-state index contributed by atoms with van der Waals surface area (Å²) in [6, 6.07) is 61.0. The molecule has 19 aromatic rings. The lowest BCUT2D eigenvalue weighted by Gasteiger charge is -2.11. The standard InChI is InChI=1S/C20H13ClN4OS.C20H16ClN3OS.C19H15ClN4OS.C19H14ClN3OS.C18H13ClN4OS/c1-22-17-10-13(6-7-23-17)16-11-15(19(27-16)20-24-8-9-25-20)18(26)12-2-4-14(21)5-3-12;1-12-17(10-14-4-6-16(21)7-5-14)19(22-3)20(26-12)15-8-9-23-18(11-15)24-13(2)25;20-13-3-1-11(2-4-13)17(25)14-10-15(12-5-6-22-16(21)9-12)26-18(14)19-23-7-8-24-19;20-14-3-1-13(2-4-14)17(24)15-11-16(12-5-7-21-8-6-12)25-18(15)19-22-9-10-23-19;19-13-3-1-11(2-4-13)16(24)14-9-15(12-5-6-22-23-10-12)25-17(14)18-20-7-8-21-18/h2-11,18,26H,(H,24,25);4-9,11H,10H2,1-2H3,(H,23,24,25);1-10,17,25H,(H2,21,22)(H,23,24);1-11,17,24H,(H,22,23);1-10,16,24H,(H,20,21)/t;;;17-;/m...1./s1. The Bertz CT molecular complexity index is 6870. The number of H-pyrrole nitrogens is 4. The predicted octanol–water partition coefficient (Wildman–Crippen LogP) is 25.1. The molecule has 4 atom stereocenters. The maximum atomic E-state index is 11.3. The third-order valence-corrected chi connectivity index (χ3v) is 27.0. The molecule has 19 rings (SSSR count). The van der Waals surface area contributed by atoms with Gasteiger partial charge in [0.15, 0.2) is 0 Å². The molecule has 1 amide bonds. The van der Waals surface area contributed by atoms with Crippen LogP contribution in [-0.4, -0.2) is 96.3 Å². The van der Waals surface area contributed by atoms with E-state index >= 15 is 0 Å². The van der Waals surface area contributed by atoms with Crippen LogP contribution in [0.15, 0.2) is 293 Å². The van der Waals surface area contributed by atoms with Crippen LogP contribution in [0.1, 0.15) is 91.9 Å². The SMILES string of the molecule is Nc1cc(-c2cc(C(O)c3ccc(Cl)cc3)c(-c3ncc[nH]3)s2)ccn1.OC(c1ccc(Cl)cc1)c1cc(-c2ccnnc2)sc1-c1ncc[nH]1.O[C@H](c1ccc(Cl)cc1)c1cc(-c2ccncc2)sc1-c1ncc[nH]1.[C-]#[N+]c1c(-c2ccnc(NC(C)=O)c2)sc(C)c1Cc1ccc(Cl)cc1.[C-]#[N+]c1cc(-c2cc(C(O)c3ccc(Cl)cc3)c(-c3ncc[nH]3)s2)ccn1. The molecule has 0 spiro atoms. The summed E-state index contributed by atoms with van der Waals surface area (Å²) in [7, 11) is 0. The number of aliphatic hydroxyl groups excluding tert-OH is 4. The molecule has 0 aliphatic heterocycles. The number of carbonyl (C=O) groups excluding carboxylic acids is 1. The molecule has 11 N–H and O–H groups in total. The zero-order chi connectivity index (χ0) is 90.0. The summed E-state index contributed by atoms with van der Waals surface area (Å²) in [4.78, 5) is 74.1. The number of nitrogen functional groups attached to an aromatic ring is 1. The van der Waals surface area contributed by atoms with Crippen LogP contribution in [0.5, 0.6) is 0 Å². The summed E-state index contributed by atoms with van der Waals surface area (Å²) in [5, 5.41) is 57.5. The normalized spacial score (nSPS) is 11.8. The van der Waals surface area contributed by atoms with Gasteiger partial charge in [-0.3, -0.25) is 9.78 Å². The molecule has 14 heterocycles. The predicted molar refractivity (Wildman–Crippen MR) is 518 cm³/mol. The van der Waals surface area contributed by atoms with Crippen molar-refractivity contribution in [1.29, 1.82) is 0 Å². The second kappa shape index (κ2) is 42.5. The van der Waals surface area contributed by atoms with Crippen LogP contribution < -0.4 is 11.1 Å². The van der Waals surface area contributed by atoms with Gasteiger partial charge in [0, 0.05) is 159 Å². The molecule has 3 unspecified atom stereocenters. The third kappa shape index (κ3) is 22.4. The Balaban J connectivity index is 0.000000124. The first-order valence-electron chi connectivity index (χ1n) is 39.2. The number of pyridine rings is 4. The monoisotopic (exact) mass is 1890 g/mol. The molecule has 23 nitrogen and oxygen atoms in total. The Morgan fingerprint density at radius 3 is 1.16 bits per heavy atom. The van der Waals surface area contributed by atoms with Crippen LogP contribution in [0.3, 0.4) is 0 Å². The molecule has 0 saturated heterocycles. The first kappa shape index (κ1) is 90.4. The molecule has 640 valence electrons. The number of aromatic nitrogens is 14. The number of hydrogen-bond acceptors (Lipinski definition) is 21. The van der Waals surface area contributed by atoms with Gasteiger partial charge in [-0.2, -0.15) is 21.5 Å². The van der Waals surface area contributed by atoms with E-state index in [0.29, 0.717) is 66.3 Å². The van der Waals surface area contributed by atoms with Crippen molar-refractivity contribution < 1.29 is 25.2 Å². The van der Waals surface area contributed by atoms with E-state index < -0.39 is 24.4 Å². The number of imidazole rings is 4. The van der Waals surface area contributed by atoms with E-state index in [0.717, 1.165) is 144 Å². The minimum absolute atomic E-state index is 0.175. The zero-order valence-corrected chi connectivity index (χ0v) is 75.7. The zero-order valence-electron chi connectivity index (χ0n) is 67.8. The van der Waals surface area contributed by atoms with Crippen molar-refractivity contribution in [3.8, 4) is 95.0 Å². The van der Waals surface area contributed by atoms with Crippen LogP contribution in [-0.2, 0) is 11.2 Å². The average Bonchev–Trinajstić information content (AvgIpc) is 1.63. The van der Waals surface area contributed by atoms with Gasteiger partial charge in [-0.1, -0.05) is 125 Å². The highest BCUT2D eigenvalue weighted by Gasteiger charge is 2.28. The quantitative estimate of drug-likeness (QED) is 0.0317. The van der Waals surface area contributed by atoms with Crippen LogP contribution in [0.4, 0.5) is 23.1 Å². The first-order valence-corrected chi connectivity index (χ1v) is 45.2. The van der Waals surface area contributed by atoms with E-state index in [1.54, 1.807) is 211 Å². The Labute approximate surface area is 784 Å². The van der Waals surface area contributed by atoms with Crippen LogP contribution in [0, 0.1) is 20.1 Å². The number of nitrogens with zero attached hydrogens (tertiary/aromatic N) is 12. The van der Waals surface area contributed by atoms with Crippen molar-refractivity contribution in [3.63, 3.8) is 0 Å². The van der Waals surface area contributed by atoms with Crippen molar-refractivity contribution in [1.82, 2.24) is 70.0 Å². The van der Waals surface area contributed by atoms with E-state index in [4.69, 9.17) is 76.9 Å². The second-order valence-corrected chi connectivity index (χ2v) is 36.0. The summed E-state index contributed by atoms with van der Waals surface area (Å²) < 4.78 is 0. The number of aromatic amines is 4. The number of halogens is 5. The Kier molecular flexibility index (Phi) is 29.8. The molecule has 14 aromatic heterocycles. The van der Waals surface area contributed by atoms with Crippen molar-refractivity contribution in [2.75, 3.05) is 11.1 Å². The second-order valence-electron chi connectivity index (χ2n) is 28.3. The summed E-state index contributed by atoms with van der Waals surface area (Å²) in [5.74, 6) is 3.96. The van der Waals surface area contributed by atoms with Gasteiger partial charge in [-0.15, -0.1) is 50.3 Å². The topological polar surface area (TPSA) is 337 Å². The summed E-state index contributed by atoms with van der Waals surface area (Å²) in [5.41, 5.74) is 19.5. The van der Waals surface area contributed by atoms with Crippen LogP contribution >= 0.6 is 115 Å². The molecule has 0 fully saturated rings. The summed E-state index contributed by atoms with van der Waals surface area (Å²) >= 11 is 37.6. The molecule has 0 bridgehead atoms. The van der Waals surface area contributed by atoms with E-state index in [2.05, 4.69) is 85.0 Å². The fourth-order valence-corrected chi connectivity index (χ4v) is 19.8. The number of benzene rings is 5. The van der Waals surface area contributed by atoms with E-state index in [9.17, 15) is 25.2 Å². The lowest BCUT2D eigenvalue weighted by Crippen LogP contribution is -2.07. The van der Waals surface area contributed by atoms with Gasteiger partial charge in [0.1, 0.15) is 65.5 Å². The van der Waals surface area contributed by atoms with Crippen molar-refractivity contribution in [2.45, 2.75) is 44.7 Å². The molecule has 5 aromatic carbocycles. The van der Waals surface area contributed by atoms with Crippen molar-refractivity contribution >= 4 is 144 Å². The maximum absolute atomic E-state index is 11.3. The Hall–Kier alpha value is -13.3. The van der Waals surface area contributed by atoms with Gasteiger partial charge >= 0.3 is 0 Å². The highest BCUT2D eigenvalue weighted by molar-refractivity contribution is 7.20. The number of nitrogens with one attached hydrogen (secondary N) is 5. The number of aryl methyl sites for hydroxylation is 1. The van der Waals surface area contributed by atoms with Crippen molar-refractivity contribution in [2.24, 2.45) is 0 Å². The number of aliphatic hydroxyl groups is 4. The minimum atomic E-state index is -0.825. The van der Waals surface area contributed by atoms with Gasteiger partial charge < -0.3 is 56.3 Å². The number of nitrogens with two attached hydrogens (primary N) is 1. The number of hydrogen-bond donors (Lipinski definition) is 10. The molecule has 129 heavy (non-hydrogen) atoms. The number of carbonyl (C=O) groups is 1. The highest BCUT2D eigenvalue weighted by Crippen LogP contribution is 2.48. The number of amides is 1. The smallest absolute Gasteiger partial charge is 0.270 e. The molecular weight excluding hydrogens is 1820 g/mol. The molecule has 0 saturated carbocycles. The highest BCUT2D eigenvalue weighted by atomic mass is 35.5. The van der Waals surface area contributed by atoms with Crippen LogP contribution in [0.2, 0.25) is 25.1 Å². The van der Waals surface area contributed by atoms with Crippen molar-refractivity contribution in [3.05, 3.63) is 402 Å². The van der Waals surface area contributed by atoms with Crippen LogP contribution in [0.25, 0.3) is 105 Å². The fourth-order valence-electron chi connectivity index (χ4n) is 13.5. The van der Waals surface area contributed by atoms with E-state index in [1.165, 1.54) is 18.3 Å². The molecule has 0 aliphatic rings. The summed E-state index contributed by atoms with van der Waals surface area (Å²) in [6.07, 6.45) is 23.2. The number of rotatable bonds is 20. The minimum Gasteiger partial charge on any atom is -0.384 e. The Morgan fingerprint density at radius 2 is 0.775 bits per heavy atom. The van der Waals surface area contributed by atoms with Gasteiger partial charge in [0.2, 0.25) is 11.6 Å². The molecular formula is C96H71Cl5N18O5S5. The van der Waals surface area contributed by atoms with Gasteiger partial charge in [0.25, 0.3) is 5.82 Å². The molecule has 33 heteroatoms. The van der Waals surface area contributed by atoms with E-state index in [-0.39, 0.29) is 5.91 Å².